The monoisotopic (exact) mass is 353 g/mol. The molecule has 0 radical (unpaired) electrons. The lowest BCUT2D eigenvalue weighted by Crippen LogP contribution is -2.47. The number of hydrogen-bond acceptors (Lipinski definition) is 4. The molecule has 0 fully saturated rings. The number of thiazole rings is 1. The first-order valence-corrected chi connectivity index (χ1v) is 8.15. The van der Waals surface area contributed by atoms with E-state index in [1.165, 1.54) is 17.4 Å². The van der Waals surface area contributed by atoms with E-state index >= 15 is 0 Å². The van der Waals surface area contributed by atoms with E-state index < -0.39 is 35.1 Å². The number of aromatic nitrogens is 1. The number of carbonyl (C=O) groups excluding carboxylic acids is 2. The van der Waals surface area contributed by atoms with Crippen LogP contribution < -0.4 is 10.6 Å². The lowest BCUT2D eigenvalue weighted by Gasteiger charge is -2.21. The molecule has 1 aromatic heterocycles. The van der Waals surface area contributed by atoms with Crippen LogP contribution in [0.25, 0.3) is 0 Å². The Morgan fingerprint density at radius 2 is 1.83 bits per heavy atom. The number of amides is 2. The number of benzene rings is 1. The van der Waals surface area contributed by atoms with Crippen LogP contribution in [0.1, 0.15) is 29.9 Å². The zero-order valence-corrected chi connectivity index (χ0v) is 14.2. The molecule has 0 saturated heterocycles. The second-order valence-electron chi connectivity index (χ2n) is 5.58. The third-order valence-corrected chi connectivity index (χ3v) is 4.15. The van der Waals surface area contributed by atoms with E-state index in [0.717, 1.165) is 17.8 Å². The molecular formula is C16H17F2N3O2S. The minimum absolute atomic E-state index is 0.287. The smallest absolute Gasteiger partial charge is 0.257 e. The van der Waals surface area contributed by atoms with Gasteiger partial charge < -0.3 is 10.6 Å². The summed E-state index contributed by atoms with van der Waals surface area (Å²) in [6.45, 7) is 5.22. The predicted molar refractivity (Wildman–Crippen MR) is 87.9 cm³/mol. The van der Waals surface area contributed by atoms with Gasteiger partial charge in [0.25, 0.3) is 5.91 Å². The minimum atomic E-state index is -0.981. The van der Waals surface area contributed by atoms with Crippen molar-refractivity contribution in [1.82, 2.24) is 10.3 Å². The Hall–Kier alpha value is -2.35. The highest BCUT2D eigenvalue weighted by Crippen LogP contribution is 2.17. The first kappa shape index (κ1) is 18.0. The molecule has 1 aromatic carbocycles. The van der Waals surface area contributed by atoms with Crippen molar-refractivity contribution in [3.8, 4) is 0 Å². The highest BCUT2D eigenvalue weighted by Gasteiger charge is 2.27. The topological polar surface area (TPSA) is 71.1 Å². The van der Waals surface area contributed by atoms with Crippen LogP contribution in [0, 0.1) is 24.5 Å². The molecule has 128 valence electrons. The van der Waals surface area contributed by atoms with Crippen LogP contribution in [-0.2, 0) is 4.79 Å². The molecule has 0 saturated carbocycles. The van der Waals surface area contributed by atoms with Crippen LogP contribution in [0.4, 0.5) is 13.9 Å². The second-order valence-corrected chi connectivity index (χ2v) is 6.43. The van der Waals surface area contributed by atoms with Crippen molar-refractivity contribution >= 4 is 28.3 Å². The largest absolute Gasteiger partial charge is 0.340 e. The van der Waals surface area contributed by atoms with Crippen LogP contribution >= 0.6 is 11.3 Å². The Morgan fingerprint density at radius 1 is 1.21 bits per heavy atom. The Bertz CT molecular complexity index is 741. The van der Waals surface area contributed by atoms with Crippen LogP contribution in [-0.4, -0.2) is 22.8 Å². The number of nitrogens with one attached hydrogen (secondary N) is 2. The number of carbonyl (C=O) groups is 2. The molecule has 2 N–H and O–H groups in total. The van der Waals surface area contributed by atoms with Gasteiger partial charge in [0.1, 0.15) is 23.2 Å². The Balaban J connectivity index is 2.16. The quantitative estimate of drug-likeness (QED) is 0.868. The van der Waals surface area contributed by atoms with Crippen LogP contribution in [0.3, 0.4) is 0 Å². The van der Waals surface area contributed by atoms with Gasteiger partial charge in [0.15, 0.2) is 5.13 Å². The molecule has 2 amide bonds. The number of halogens is 2. The molecule has 5 nitrogen and oxygen atoms in total. The number of nitrogens with zero attached hydrogens (tertiary/aromatic N) is 1. The lowest BCUT2D eigenvalue weighted by atomic mass is 10.0. The SMILES string of the molecule is Cc1csc(NC(=O)[C@@H](NC(=O)c2c(F)cccc2F)C(C)C)n1. The molecule has 0 aliphatic heterocycles. The molecule has 1 atom stereocenters. The van der Waals surface area contributed by atoms with Crippen LogP contribution in [0.2, 0.25) is 0 Å². The standard InChI is InChI=1S/C16H17F2N3O2S/c1-8(2)13(15(23)21-16-19-9(3)7-24-16)20-14(22)12-10(17)5-4-6-11(12)18/h4-8,13H,1-3H3,(H,20,22)(H,19,21,23)/t13-/m0/s1. The Morgan fingerprint density at radius 3 is 2.33 bits per heavy atom. The van der Waals surface area contributed by atoms with Crippen molar-refractivity contribution in [2.24, 2.45) is 5.92 Å². The van der Waals surface area contributed by atoms with Crippen molar-refractivity contribution in [1.29, 1.82) is 0 Å². The first-order valence-electron chi connectivity index (χ1n) is 7.27. The van der Waals surface area contributed by atoms with E-state index in [4.69, 9.17) is 0 Å². The van der Waals surface area contributed by atoms with Gasteiger partial charge in [-0.2, -0.15) is 0 Å². The molecule has 24 heavy (non-hydrogen) atoms. The zero-order chi connectivity index (χ0) is 17.9. The average Bonchev–Trinajstić information content (AvgIpc) is 2.89. The summed E-state index contributed by atoms with van der Waals surface area (Å²) in [5.41, 5.74) is 0.0508. The molecule has 2 aromatic rings. The molecular weight excluding hydrogens is 336 g/mol. The summed E-state index contributed by atoms with van der Waals surface area (Å²) in [4.78, 5) is 28.6. The average molecular weight is 353 g/mol. The van der Waals surface area contributed by atoms with Gasteiger partial charge in [0.2, 0.25) is 5.91 Å². The maximum absolute atomic E-state index is 13.7. The maximum atomic E-state index is 13.7. The fourth-order valence-electron chi connectivity index (χ4n) is 2.06. The summed E-state index contributed by atoms with van der Waals surface area (Å²) in [5, 5.41) is 7.15. The van der Waals surface area contributed by atoms with Gasteiger partial charge in [0, 0.05) is 5.38 Å². The summed E-state index contributed by atoms with van der Waals surface area (Å²) >= 11 is 1.25. The van der Waals surface area contributed by atoms with E-state index in [1.807, 2.05) is 0 Å². The van der Waals surface area contributed by atoms with Crippen molar-refractivity contribution in [2.75, 3.05) is 5.32 Å². The minimum Gasteiger partial charge on any atom is -0.340 e. The summed E-state index contributed by atoms with van der Waals surface area (Å²) in [6.07, 6.45) is 0. The summed E-state index contributed by atoms with van der Waals surface area (Å²) in [5.74, 6) is -3.72. The molecule has 0 unspecified atom stereocenters. The van der Waals surface area contributed by atoms with Crippen molar-refractivity contribution < 1.29 is 18.4 Å². The van der Waals surface area contributed by atoms with E-state index in [-0.39, 0.29) is 5.92 Å². The molecule has 0 bridgehead atoms. The Labute approximate surface area is 142 Å². The molecule has 0 aliphatic carbocycles. The van der Waals surface area contributed by atoms with E-state index in [0.29, 0.717) is 5.13 Å². The fraction of sp³-hybridized carbons (Fsp3) is 0.312. The first-order chi connectivity index (χ1) is 11.3. The fourth-order valence-corrected chi connectivity index (χ4v) is 2.75. The number of aryl methyl sites for hydroxylation is 1. The van der Waals surface area contributed by atoms with Gasteiger partial charge in [0.05, 0.1) is 5.69 Å². The highest BCUT2D eigenvalue weighted by atomic mass is 32.1. The zero-order valence-electron chi connectivity index (χ0n) is 13.4. The third kappa shape index (κ3) is 4.14. The van der Waals surface area contributed by atoms with Crippen molar-refractivity contribution in [3.63, 3.8) is 0 Å². The van der Waals surface area contributed by atoms with Gasteiger partial charge in [-0.25, -0.2) is 13.8 Å². The number of hydrogen-bond donors (Lipinski definition) is 2. The second kappa shape index (κ2) is 7.48. The molecule has 2 rings (SSSR count). The molecule has 8 heteroatoms. The number of anilines is 1. The Kier molecular flexibility index (Phi) is 5.61. The lowest BCUT2D eigenvalue weighted by molar-refractivity contribution is -0.118. The maximum Gasteiger partial charge on any atom is 0.257 e. The van der Waals surface area contributed by atoms with Crippen molar-refractivity contribution in [3.05, 3.63) is 46.5 Å². The van der Waals surface area contributed by atoms with Gasteiger partial charge >= 0.3 is 0 Å². The normalized spacial score (nSPS) is 12.1. The molecule has 1 heterocycles. The summed E-state index contributed by atoms with van der Waals surface area (Å²) < 4.78 is 27.4. The van der Waals surface area contributed by atoms with Gasteiger partial charge in [-0.15, -0.1) is 11.3 Å². The highest BCUT2D eigenvalue weighted by molar-refractivity contribution is 7.13. The van der Waals surface area contributed by atoms with E-state index in [2.05, 4.69) is 15.6 Å². The molecule has 0 aliphatic rings. The summed E-state index contributed by atoms with van der Waals surface area (Å²) in [7, 11) is 0. The van der Waals surface area contributed by atoms with E-state index in [9.17, 15) is 18.4 Å². The number of rotatable bonds is 5. The van der Waals surface area contributed by atoms with Gasteiger partial charge in [-0.1, -0.05) is 19.9 Å². The molecule has 0 spiro atoms. The van der Waals surface area contributed by atoms with Crippen LogP contribution in [0.5, 0.6) is 0 Å². The third-order valence-electron chi connectivity index (χ3n) is 3.27. The van der Waals surface area contributed by atoms with Gasteiger partial charge in [-0.05, 0) is 25.0 Å². The van der Waals surface area contributed by atoms with Gasteiger partial charge in [-0.3, -0.25) is 9.59 Å². The van der Waals surface area contributed by atoms with E-state index in [1.54, 1.807) is 26.2 Å². The summed E-state index contributed by atoms with van der Waals surface area (Å²) in [6, 6.07) is 2.18. The predicted octanol–water partition coefficient (Wildman–Crippen LogP) is 3.12. The van der Waals surface area contributed by atoms with Crippen LogP contribution in [0.15, 0.2) is 23.6 Å². The van der Waals surface area contributed by atoms with Crippen molar-refractivity contribution in [2.45, 2.75) is 26.8 Å².